The van der Waals surface area contributed by atoms with Crippen molar-refractivity contribution in [2.75, 3.05) is 12.4 Å². The van der Waals surface area contributed by atoms with E-state index in [2.05, 4.69) is 29.6 Å². The highest BCUT2D eigenvalue weighted by atomic mass is 16.5. The van der Waals surface area contributed by atoms with Gasteiger partial charge >= 0.3 is 12.0 Å². The Balaban J connectivity index is 1.72. The van der Waals surface area contributed by atoms with Crippen molar-refractivity contribution in [1.82, 2.24) is 15.1 Å². The average molecular weight is 348 g/mol. The van der Waals surface area contributed by atoms with Crippen LogP contribution in [0.4, 0.5) is 10.5 Å². The van der Waals surface area contributed by atoms with Crippen LogP contribution in [-0.2, 0) is 9.53 Å². The van der Waals surface area contributed by atoms with Gasteiger partial charge in [0.1, 0.15) is 0 Å². The molecule has 1 aromatic rings. The zero-order valence-electron chi connectivity index (χ0n) is 15.6. The Hall–Kier alpha value is -2.05. The molecule has 2 amide bonds. The smallest absolute Gasteiger partial charge is 0.319 e. The maximum Gasteiger partial charge on any atom is 0.319 e. The molecule has 0 spiro atoms. The lowest BCUT2D eigenvalue weighted by molar-refractivity contribution is -0.148. The maximum atomic E-state index is 12.6. The first kappa shape index (κ1) is 17.8. The third-order valence-electron chi connectivity index (χ3n) is 5.74. The number of amides is 2. The van der Waals surface area contributed by atoms with E-state index in [4.69, 9.17) is 4.74 Å². The van der Waals surface area contributed by atoms with Crippen LogP contribution in [0.1, 0.15) is 50.5 Å². The Morgan fingerprint density at radius 3 is 2.52 bits per heavy atom. The molecule has 0 aromatic carbocycles. The molecule has 2 aliphatic rings. The van der Waals surface area contributed by atoms with Gasteiger partial charge in [0.25, 0.3) is 0 Å². The Morgan fingerprint density at radius 2 is 1.92 bits per heavy atom. The van der Waals surface area contributed by atoms with Gasteiger partial charge in [-0.25, -0.2) is 4.79 Å². The predicted octanol–water partition coefficient (Wildman–Crippen LogP) is 2.79. The van der Waals surface area contributed by atoms with E-state index in [-0.39, 0.29) is 30.0 Å². The third kappa shape index (κ3) is 3.12. The summed E-state index contributed by atoms with van der Waals surface area (Å²) in [5, 5.41) is 10.5. The Bertz CT molecular complexity index is 682. The topological polar surface area (TPSA) is 85.2 Å². The summed E-state index contributed by atoms with van der Waals surface area (Å²) in [6.07, 6.45) is 3.10. The SMILES string of the molecule is COC(=O)C1C2CCC(C2)C1NC(=O)Nc1c(C)nn(C(C)C)c1C. The number of urea groups is 1. The van der Waals surface area contributed by atoms with Gasteiger partial charge in [-0.3, -0.25) is 9.48 Å². The largest absolute Gasteiger partial charge is 0.469 e. The summed E-state index contributed by atoms with van der Waals surface area (Å²) in [5.74, 6) is 0.253. The van der Waals surface area contributed by atoms with Gasteiger partial charge in [-0.05, 0) is 58.8 Å². The van der Waals surface area contributed by atoms with Crippen molar-refractivity contribution in [1.29, 1.82) is 0 Å². The van der Waals surface area contributed by atoms with E-state index in [1.807, 2.05) is 18.5 Å². The quantitative estimate of drug-likeness (QED) is 0.819. The van der Waals surface area contributed by atoms with Crippen LogP contribution >= 0.6 is 0 Å². The van der Waals surface area contributed by atoms with Gasteiger partial charge in [-0.2, -0.15) is 5.10 Å². The highest BCUT2D eigenvalue weighted by molar-refractivity contribution is 5.91. The summed E-state index contributed by atoms with van der Waals surface area (Å²) in [4.78, 5) is 24.7. The molecule has 0 radical (unpaired) electrons. The number of fused-ring (bicyclic) bond motifs is 2. The lowest BCUT2D eigenvalue weighted by Gasteiger charge is -2.29. The van der Waals surface area contributed by atoms with E-state index in [1.165, 1.54) is 7.11 Å². The van der Waals surface area contributed by atoms with Crippen LogP contribution in [0.25, 0.3) is 0 Å². The normalized spacial score (nSPS) is 27.6. The standard InChI is InChI=1S/C18H28N4O3/c1-9(2)22-11(4)15(10(3)21-22)19-18(24)20-16-13-7-6-12(8-13)14(16)17(23)25-5/h9,12-14,16H,6-8H2,1-5H3,(H2,19,20,24). The van der Waals surface area contributed by atoms with Gasteiger partial charge in [0.2, 0.25) is 0 Å². The van der Waals surface area contributed by atoms with Crippen molar-refractivity contribution in [2.45, 2.75) is 59.0 Å². The molecule has 3 rings (SSSR count). The zero-order valence-corrected chi connectivity index (χ0v) is 15.6. The summed E-state index contributed by atoms with van der Waals surface area (Å²) >= 11 is 0. The fourth-order valence-electron chi connectivity index (χ4n) is 4.62. The average Bonchev–Trinajstić information content (AvgIpc) is 3.23. The number of aromatic nitrogens is 2. The van der Waals surface area contributed by atoms with Crippen LogP contribution in [0.15, 0.2) is 0 Å². The molecule has 7 nitrogen and oxygen atoms in total. The van der Waals surface area contributed by atoms with Crippen LogP contribution in [0.3, 0.4) is 0 Å². The minimum absolute atomic E-state index is 0.146. The number of methoxy groups -OCH3 is 1. The van der Waals surface area contributed by atoms with Crippen LogP contribution in [0, 0.1) is 31.6 Å². The first-order chi connectivity index (χ1) is 11.8. The van der Waals surface area contributed by atoms with E-state index in [1.54, 1.807) is 0 Å². The molecule has 2 aliphatic carbocycles. The van der Waals surface area contributed by atoms with E-state index in [9.17, 15) is 9.59 Å². The highest BCUT2D eigenvalue weighted by Gasteiger charge is 2.52. The van der Waals surface area contributed by atoms with E-state index in [0.29, 0.717) is 11.8 Å². The summed E-state index contributed by atoms with van der Waals surface area (Å²) < 4.78 is 6.86. The summed E-state index contributed by atoms with van der Waals surface area (Å²) in [6.45, 7) is 7.94. The summed E-state index contributed by atoms with van der Waals surface area (Å²) in [6, 6.07) is -0.195. The van der Waals surface area contributed by atoms with Gasteiger partial charge in [0, 0.05) is 12.1 Å². The number of rotatable bonds is 4. The van der Waals surface area contributed by atoms with Crippen LogP contribution in [0.2, 0.25) is 0 Å². The summed E-state index contributed by atoms with van der Waals surface area (Å²) in [7, 11) is 1.42. The zero-order chi connectivity index (χ0) is 18.3. The molecule has 0 aliphatic heterocycles. The number of esters is 1. The number of carbonyl (C=O) groups is 2. The highest BCUT2D eigenvalue weighted by Crippen LogP contribution is 2.48. The fourth-order valence-corrected chi connectivity index (χ4v) is 4.62. The number of aryl methyl sites for hydroxylation is 1. The Kier molecular flexibility index (Phi) is 4.75. The van der Waals surface area contributed by atoms with E-state index >= 15 is 0 Å². The second kappa shape index (κ2) is 6.69. The number of hydrogen-bond donors (Lipinski definition) is 2. The molecular formula is C18H28N4O3. The van der Waals surface area contributed by atoms with Crippen molar-refractivity contribution >= 4 is 17.7 Å². The van der Waals surface area contributed by atoms with Crippen molar-refractivity contribution in [3.8, 4) is 0 Å². The predicted molar refractivity (Wildman–Crippen MR) is 94.4 cm³/mol. The monoisotopic (exact) mass is 348 g/mol. The minimum atomic E-state index is -0.277. The van der Waals surface area contributed by atoms with Crippen molar-refractivity contribution < 1.29 is 14.3 Å². The van der Waals surface area contributed by atoms with Crippen LogP contribution in [0.5, 0.6) is 0 Å². The number of hydrogen-bond acceptors (Lipinski definition) is 4. The van der Waals surface area contributed by atoms with Gasteiger partial charge in [0.05, 0.1) is 30.1 Å². The molecule has 1 heterocycles. The molecular weight excluding hydrogens is 320 g/mol. The Labute approximate surface area is 148 Å². The number of nitrogens with one attached hydrogen (secondary N) is 2. The lowest BCUT2D eigenvalue weighted by Crippen LogP contribution is -2.48. The van der Waals surface area contributed by atoms with Gasteiger partial charge in [-0.1, -0.05) is 0 Å². The lowest BCUT2D eigenvalue weighted by atomic mass is 9.84. The first-order valence-electron chi connectivity index (χ1n) is 9.04. The van der Waals surface area contributed by atoms with Crippen molar-refractivity contribution in [3.05, 3.63) is 11.4 Å². The van der Waals surface area contributed by atoms with Crippen molar-refractivity contribution in [3.63, 3.8) is 0 Å². The molecule has 2 saturated carbocycles. The molecule has 4 unspecified atom stereocenters. The number of ether oxygens (including phenoxy) is 1. The first-order valence-corrected chi connectivity index (χ1v) is 9.04. The number of nitrogens with zero attached hydrogens (tertiary/aromatic N) is 2. The molecule has 138 valence electrons. The maximum absolute atomic E-state index is 12.6. The molecule has 2 fully saturated rings. The van der Waals surface area contributed by atoms with Crippen LogP contribution < -0.4 is 10.6 Å². The van der Waals surface area contributed by atoms with Gasteiger partial charge in [0.15, 0.2) is 0 Å². The molecule has 4 atom stereocenters. The molecule has 25 heavy (non-hydrogen) atoms. The van der Waals surface area contributed by atoms with Gasteiger partial charge < -0.3 is 15.4 Å². The van der Waals surface area contributed by atoms with Crippen LogP contribution in [-0.4, -0.2) is 34.9 Å². The second-order valence-corrected chi connectivity index (χ2v) is 7.59. The number of anilines is 1. The molecule has 2 bridgehead atoms. The molecule has 0 saturated heterocycles. The third-order valence-corrected chi connectivity index (χ3v) is 5.74. The van der Waals surface area contributed by atoms with Crippen molar-refractivity contribution in [2.24, 2.45) is 17.8 Å². The molecule has 2 N–H and O–H groups in total. The van der Waals surface area contributed by atoms with E-state index < -0.39 is 0 Å². The van der Waals surface area contributed by atoms with E-state index in [0.717, 1.165) is 36.3 Å². The molecule has 1 aromatic heterocycles. The summed E-state index contributed by atoms with van der Waals surface area (Å²) in [5.41, 5.74) is 2.46. The number of carbonyl (C=O) groups excluding carboxylic acids is 2. The second-order valence-electron chi connectivity index (χ2n) is 7.59. The minimum Gasteiger partial charge on any atom is -0.469 e. The Morgan fingerprint density at radius 1 is 1.24 bits per heavy atom. The fraction of sp³-hybridized carbons (Fsp3) is 0.722. The molecule has 7 heteroatoms. The van der Waals surface area contributed by atoms with Gasteiger partial charge in [-0.15, -0.1) is 0 Å².